The van der Waals surface area contributed by atoms with Gasteiger partial charge < -0.3 is 4.90 Å². The Balaban J connectivity index is 1.62. The number of carbonyl (C=O) groups excluding carboxylic acids is 1. The summed E-state index contributed by atoms with van der Waals surface area (Å²) in [5, 5.41) is 4.28. The van der Waals surface area contributed by atoms with Crippen LogP contribution in [-0.2, 0) is 0 Å². The van der Waals surface area contributed by atoms with Crippen molar-refractivity contribution in [3.05, 3.63) is 90.7 Å². The molecule has 1 aliphatic heterocycles. The molecule has 1 atom stereocenters. The number of rotatable bonds is 6. The minimum Gasteiger partial charge on any atom is -0.358 e. The molecule has 4 heteroatoms. The first-order valence-corrected chi connectivity index (χ1v) is 7.86. The summed E-state index contributed by atoms with van der Waals surface area (Å²) in [4.78, 5) is 14.4. The van der Waals surface area contributed by atoms with Gasteiger partial charge in [-0.3, -0.25) is 10.2 Å². The summed E-state index contributed by atoms with van der Waals surface area (Å²) in [6, 6.07) is 19.0. The highest BCUT2D eigenvalue weighted by Crippen LogP contribution is 2.10. The fraction of sp³-hybridized carbons (Fsp3) is 0.100. The van der Waals surface area contributed by atoms with Crippen molar-refractivity contribution in [1.29, 1.82) is 0 Å². The van der Waals surface area contributed by atoms with Gasteiger partial charge in [0, 0.05) is 11.8 Å². The zero-order valence-corrected chi connectivity index (χ0v) is 13.2. The van der Waals surface area contributed by atoms with E-state index in [1.165, 1.54) is 0 Å². The molecule has 0 saturated heterocycles. The number of benzene rings is 2. The van der Waals surface area contributed by atoms with E-state index in [0.29, 0.717) is 6.54 Å². The van der Waals surface area contributed by atoms with Crippen molar-refractivity contribution in [2.24, 2.45) is 5.10 Å². The minimum absolute atomic E-state index is 0.0566. The molecule has 1 N–H and O–H groups in total. The van der Waals surface area contributed by atoms with Crippen molar-refractivity contribution in [3.8, 4) is 0 Å². The van der Waals surface area contributed by atoms with Gasteiger partial charge in [0.15, 0.2) is 5.78 Å². The van der Waals surface area contributed by atoms with E-state index in [1.54, 1.807) is 6.21 Å². The van der Waals surface area contributed by atoms with Gasteiger partial charge in [0.2, 0.25) is 0 Å². The lowest BCUT2D eigenvalue weighted by molar-refractivity contribution is 0.0953. The van der Waals surface area contributed by atoms with Crippen molar-refractivity contribution >= 4 is 17.7 Å². The van der Waals surface area contributed by atoms with E-state index in [-0.39, 0.29) is 11.8 Å². The Morgan fingerprint density at radius 2 is 1.75 bits per heavy atom. The van der Waals surface area contributed by atoms with Crippen molar-refractivity contribution in [3.63, 3.8) is 0 Å². The number of hydrogen-bond donors (Lipinski definition) is 1. The zero-order valence-electron chi connectivity index (χ0n) is 13.2. The van der Waals surface area contributed by atoms with Crippen molar-refractivity contribution < 1.29 is 4.79 Å². The van der Waals surface area contributed by atoms with Gasteiger partial charge in [-0.25, -0.2) is 0 Å². The maximum atomic E-state index is 12.4. The molecule has 2 aromatic carbocycles. The van der Waals surface area contributed by atoms with Gasteiger partial charge in [0.25, 0.3) is 0 Å². The standard InChI is InChI=1S/C20H19N3O/c24-20(17-9-3-1-4-10-17)16-23-14-8-7-13-19(23)15-21-22-18-11-5-2-6-12-18/h1-15,19,22H,16H2/b21-15+. The maximum Gasteiger partial charge on any atom is 0.182 e. The topological polar surface area (TPSA) is 44.7 Å². The average Bonchev–Trinajstić information content (AvgIpc) is 2.65. The second-order valence-corrected chi connectivity index (χ2v) is 5.43. The Kier molecular flexibility index (Phi) is 5.20. The molecule has 0 saturated carbocycles. The molecule has 4 nitrogen and oxygen atoms in total. The third-order valence-electron chi connectivity index (χ3n) is 3.70. The molecule has 0 fully saturated rings. The number of para-hydroxylation sites is 1. The number of nitrogens with zero attached hydrogens (tertiary/aromatic N) is 2. The molecule has 0 aromatic heterocycles. The van der Waals surface area contributed by atoms with E-state index in [0.717, 1.165) is 11.3 Å². The van der Waals surface area contributed by atoms with Crippen LogP contribution >= 0.6 is 0 Å². The fourth-order valence-electron chi connectivity index (χ4n) is 2.42. The number of carbonyl (C=O) groups is 1. The molecular formula is C20H19N3O. The Labute approximate surface area is 141 Å². The molecule has 0 spiro atoms. The Morgan fingerprint density at radius 3 is 2.50 bits per heavy atom. The number of nitrogens with one attached hydrogen (secondary N) is 1. The van der Waals surface area contributed by atoms with Gasteiger partial charge in [-0.1, -0.05) is 60.7 Å². The highest BCUT2D eigenvalue weighted by molar-refractivity contribution is 5.97. The van der Waals surface area contributed by atoms with Gasteiger partial charge in [0.05, 0.1) is 24.5 Å². The normalized spacial score (nSPS) is 16.5. The summed E-state index contributed by atoms with van der Waals surface area (Å²) in [7, 11) is 0. The van der Waals surface area contributed by atoms with Gasteiger partial charge in [0.1, 0.15) is 0 Å². The van der Waals surface area contributed by atoms with Crippen molar-refractivity contribution in [2.75, 3.05) is 12.0 Å². The third kappa shape index (κ3) is 4.20. The first-order valence-electron chi connectivity index (χ1n) is 7.86. The highest BCUT2D eigenvalue weighted by atomic mass is 16.1. The zero-order chi connectivity index (χ0) is 16.6. The number of hydrogen-bond acceptors (Lipinski definition) is 4. The molecule has 120 valence electrons. The first-order chi connectivity index (χ1) is 11.8. The lowest BCUT2D eigenvalue weighted by Gasteiger charge is -2.26. The van der Waals surface area contributed by atoms with E-state index >= 15 is 0 Å². The molecule has 0 amide bonds. The minimum atomic E-state index is -0.0566. The second kappa shape index (κ2) is 7.92. The van der Waals surface area contributed by atoms with E-state index in [4.69, 9.17) is 0 Å². The monoisotopic (exact) mass is 317 g/mol. The van der Waals surface area contributed by atoms with Crippen LogP contribution in [-0.4, -0.2) is 29.5 Å². The van der Waals surface area contributed by atoms with Gasteiger partial charge in [-0.2, -0.15) is 5.10 Å². The molecule has 24 heavy (non-hydrogen) atoms. The van der Waals surface area contributed by atoms with Crippen LogP contribution in [0.1, 0.15) is 10.4 Å². The smallest absolute Gasteiger partial charge is 0.182 e. The van der Waals surface area contributed by atoms with Gasteiger partial charge in [-0.15, -0.1) is 0 Å². The number of ketones is 1. The molecule has 1 heterocycles. The summed E-state index contributed by atoms with van der Waals surface area (Å²) < 4.78 is 0. The Morgan fingerprint density at radius 1 is 1.04 bits per heavy atom. The van der Waals surface area contributed by atoms with E-state index in [1.807, 2.05) is 90.0 Å². The summed E-state index contributed by atoms with van der Waals surface area (Å²) in [5.41, 5.74) is 4.65. The van der Waals surface area contributed by atoms with Gasteiger partial charge >= 0.3 is 0 Å². The molecule has 2 aromatic rings. The highest BCUT2D eigenvalue weighted by Gasteiger charge is 2.16. The molecule has 3 rings (SSSR count). The van der Waals surface area contributed by atoms with Crippen molar-refractivity contribution in [2.45, 2.75) is 6.04 Å². The quantitative estimate of drug-likeness (QED) is 0.502. The molecule has 0 bridgehead atoms. The molecule has 0 aliphatic carbocycles. The van der Waals surface area contributed by atoms with Crippen molar-refractivity contribution in [1.82, 2.24) is 4.90 Å². The molecule has 0 radical (unpaired) electrons. The number of allylic oxidation sites excluding steroid dienone is 2. The van der Waals surface area contributed by atoms with Crippen LogP contribution in [0.25, 0.3) is 0 Å². The summed E-state index contributed by atoms with van der Waals surface area (Å²) in [5.74, 6) is 0.0879. The van der Waals surface area contributed by atoms with Crippen LogP contribution < -0.4 is 5.43 Å². The summed E-state index contributed by atoms with van der Waals surface area (Å²) in [6.45, 7) is 0.312. The Bertz CT molecular complexity index is 751. The number of hydrazone groups is 1. The fourth-order valence-corrected chi connectivity index (χ4v) is 2.42. The van der Waals surface area contributed by atoms with Crippen LogP contribution in [0.4, 0.5) is 5.69 Å². The van der Waals surface area contributed by atoms with Crippen LogP contribution in [0.2, 0.25) is 0 Å². The van der Waals surface area contributed by atoms with Crippen LogP contribution in [0.3, 0.4) is 0 Å². The molecule has 1 unspecified atom stereocenters. The van der Waals surface area contributed by atoms with Crippen LogP contribution in [0.5, 0.6) is 0 Å². The lowest BCUT2D eigenvalue weighted by Crippen LogP contribution is -2.36. The predicted molar refractivity (Wildman–Crippen MR) is 98.1 cm³/mol. The Hall–Kier alpha value is -3.14. The largest absolute Gasteiger partial charge is 0.358 e. The first kappa shape index (κ1) is 15.7. The van der Waals surface area contributed by atoms with E-state index in [2.05, 4.69) is 10.5 Å². The predicted octanol–water partition coefficient (Wildman–Crippen LogP) is 3.72. The average molecular weight is 317 g/mol. The second-order valence-electron chi connectivity index (χ2n) is 5.43. The number of anilines is 1. The lowest BCUT2D eigenvalue weighted by atomic mass is 10.1. The van der Waals surface area contributed by atoms with Gasteiger partial charge in [-0.05, 0) is 18.2 Å². The molecular weight excluding hydrogens is 298 g/mol. The summed E-state index contributed by atoms with van der Waals surface area (Å²) in [6.07, 6.45) is 9.61. The van der Waals surface area contributed by atoms with E-state index < -0.39 is 0 Å². The van der Waals surface area contributed by atoms with Crippen LogP contribution in [0.15, 0.2) is 90.2 Å². The summed E-state index contributed by atoms with van der Waals surface area (Å²) >= 11 is 0. The maximum absolute atomic E-state index is 12.4. The number of Topliss-reactive ketones (excluding diaryl/α,β-unsaturated/α-hetero) is 1. The van der Waals surface area contributed by atoms with E-state index in [9.17, 15) is 4.79 Å². The SMILES string of the molecule is O=C(CN1C=CC=CC1/C=N/Nc1ccccc1)c1ccccc1. The molecule has 1 aliphatic rings. The third-order valence-corrected chi connectivity index (χ3v) is 3.70. The van der Waals surface area contributed by atoms with Crippen LogP contribution in [0, 0.1) is 0 Å².